The third-order valence-corrected chi connectivity index (χ3v) is 3.87. The van der Waals surface area contributed by atoms with Crippen molar-refractivity contribution in [2.24, 2.45) is 0 Å². The molecule has 1 aromatic heterocycles. The van der Waals surface area contributed by atoms with Gasteiger partial charge < -0.3 is 10.6 Å². The summed E-state index contributed by atoms with van der Waals surface area (Å²) in [5, 5.41) is 0.556. The van der Waals surface area contributed by atoms with E-state index in [0.29, 0.717) is 22.5 Å². The zero-order chi connectivity index (χ0) is 13.9. The van der Waals surface area contributed by atoms with Crippen LogP contribution in [-0.2, 0) is 0 Å². The Hall–Kier alpha value is -2.04. The Morgan fingerprint density at radius 3 is 2.55 bits per heavy atom. The molecule has 1 aromatic carbocycles. The van der Waals surface area contributed by atoms with Gasteiger partial charge in [0.1, 0.15) is 0 Å². The first kappa shape index (κ1) is 13.0. The van der Waals surface area contributed by atoms with E-state index < -0.39 is 0 Å². The third-order valence-electron chi connectivity index (χ3n) is 3.87. The minimum absolute atomic E-state index is 0.112. The summed E-state index contributed by atoms with van der Waals surface area (Å²) in [6.45, 7) is 1.92. The molecule has 0 amide bonds. The molecule has 5 heteroatoms. The van der Waals surface area contributed by atoms with Crippen molar-refractivity contribution in [3.8, 4) is 0 Å². The lowest BCUT2D eigenvalue weighted by Crippen LogP contribution is -2.30. The molecule has 106 valence electrons. The molecule has 3 N–H and O–H groups in total. The van der Waals surface area contributed by atoms with Crippen molar-refractivity contribution in [2.75, 3.05) is 23.7 Å². The van der Waals surface area contributed by atoms with E-state index in [1.165, 1.54) is 19.3 Å². The van der Waals surface area contributed by atoms with Crippen LogP contribution in [-0.4, -0.2) is 23.1 Å². The largest absolute Gasteiger partial charge is 0.399 e. The molecule has 1 fully saturated rings. The maximum absolute atomic E-state index is 12.2. The third kappa shape index (κ3) is 2.61. The number of benzene rings is 1. The highest BCUT2D eigenvalue weighted by molar-refractivity contribution is 5.81. The van der Waals surface area contributed by atoms with Gasteiger partial charge in [0.15, 0.2) is 0 Å². The highest BCUT2D eigenvalue weighted by Crippen LogP contribution is 2.18. The van der Waals surface area contributed by atoms with Gasteiger partial charge in [-0.1, -0.05) is 19.3 Å². The number of aromatic nitrogens is 2. The molecule has 0 bridgehead atoms. The number of anilines is 2. The lowest BCUT2D eigenvalue weighted by Gasteiger charge is -2.25. The van der Waals surface area contributed by atoms with Gasteiger partial charge in [0.05, 0.1) is 10.9 Å². The number of nitrogens with two attached hydrogens (primary N) is 1. The predicted molar refractivity (Wildman–Crippen MR) is 82.1 cm³/mol. The lowest BCUT2D eigenvalue weighted by atomic mass is 10.1. The molecular weight excluding hydrogens is 252 g/mol. The number of aromatic amines is 1. The molecule has 20 heavy (non-hydrogen) atoms. The fraction of sp³-hybridized carbons (Fsp3) is 0.467. The van der Waals surface area contributed by atoms with Crippen LogP contribution in [0.25, 0.3) is 10.9 Å². The summed E-state index contributed by atoms with van der Waals surface area (Å²) < 4.78 is 0. The van der Waals surface area contributed by atoms with Crippen molar-refractivity contribution in [1.29, 1.82) is 0 Å². The van der Waals surface area contributed by atoms with E-state index in [1.54, 1.807) is 12.1 Å². The molecular formula is C15H20N4O. The van der Waals surface area contributed by atoms with E-state index in [2.05, 4.69) is 14.9 Å². The highest BCUT2D eigenvalue weighted by atomic mass is 16.1. The number of rotatable bonds is 1. The van der Waals surface area contributed by atoms with E-state index in [9.17, 15) is 4.79 Å². The summed E-state index contributed by atoms with van der Waals surface area (Å²) in [6.07, 6.45) is 6.14. The Balaban J connectivity index is 1.98. The van der Waals surface area contributed by atoms with Crippen LogP contribution in [0.3, 0.4) is 0 Å². The Morgan fingerprint density at radius 2 is 1.80 bits per heavy atom. The van der Waals surface area contributed by atoms with Gasteiger partial charge in [-0.2, -0.15) is 0 Å². The van der Waals surface area contributed by atoms with Crippen LogP contribution >= 0.6 is 0 Å². The van der Waals surface area contributed by atoms with Gasteiger partial charge in [0.2, 0.25) is 5.95 Å². The second-order valence-electron chi connectivity index (χ2n) is 5.42. The number of hydrogen-bond acceptors (Lipinski definition) is 4. The molecule has 0 saturated carbocycles. The molecule has 1 saturated heterocycles. The van der Waals surface area contributed by atoms with Gasteiger partial charge in [-0.3, -0.25) is 9.78 Å². The molecule has 0 atom stereocenters. The summed E-state index contributed by atoms with van der Waals surface area (Å²) >= 11 is 0. The maximum Gasteiger partial charge on any atom is 0.260 e. The average molecular weight is 272 g/mol. The maximum atomic E-state index is 12.2. The molecule has 2 heterocycles. The molecule has 2 aromatic rings. The van der Waals surface area contributed by atoms with Gasteiger partial charge in [0.25, 0.3) is 5.56 Å². The zero-order valence-electron chi connectivity index (χ0n) is 11.6. The number of H-pyrrole nitrogens is 1. The fourth-order valence-electron chi connectivity index (χ4n) is 2.75. The molecule has 0 unspecified atom stereocenters. The number of fused-ring (bicyclic) bond motifs is 1. The summed E-state index contributed by atoms with van der Waals surface area (Å²) in [5.41, 5.74) is 6.90. The van der Waals surface area contributed by atoms with Crippen LogP contribution in [0.4, 0.5) is 11.6 Å². The molecule has 1 aliphatic rings. The summed E-state index contributed by atoms with van der Waals surface area (Å²) in [5.74, 6) is 0.689. The molecule has 0 radical (unpaired) electrons. The first-order valence-electron chi connectivity index (χ1n) is 7.28. The molecule has 0 aliphatic carbocycles. The summed E-state index contributed by atoms with van der Waals surface area (Å²) in [6, 6.07) is 5.28. The quantitative estimate of drug-likeness (QED) is 0.781. The fourth-order valence-corrected chi connectivity index (χ4v) is 2.75. The van der Waals surface area contributed by atoms with Crippen LogP contribution in [0.5, 0.6) is 0 Å². The number of nitrogen functional groups attached to an aromatic ring is 1. The van der Waals surface area contributed by atoms with Gasteiger partial charge in [0, 0.05) is 18.8 Å². The Labute approximate surface area is 117 Å². The first-order valence-corrected chi connectivity index (χ1v) is 7.28. The second kappa shape index (κ2) is 5.53. The van der Waals surface area contributed by atoms with E-state index in [0.717, 1.165) is 25.9 Å². The highest BCUT2D eigenvalue weighted by Gasteiger charge is 2.13. The van der Waals surface area contributed by atoms with Crippen molar-refractivity contribution in [1.82, 2.24) is 9.97 Å². The number of nitrogens with one attached hydrogen (secondary N) is 1. The van der Waals surface area contributed by atoms with Gasteiger partial charge in [-0.15, -0.1) is 0 Å². The smallest absolute Gasteiger partial charge is 0.260 e. The Bertz CT molecular complexity index is 656. The standard InChI is InChI=1S/C15H20N4O/c16-11-6-7-13-12(10-11)14(20)18-15(17-13)19-8-4-2-1-3-5-9-19/h6-7,10H,1-5,8-9,16H2,(H,17,18,20). The molecule has 1 aliphatic heterocycles. The minimum atomic E-state index is -0.112. The van der Waals surface area contributed by atoms with Crippen molar-refractivity contribution < 1.29 is 0 Å². The van der Waals surface area contributed by atoms with Gasteiger partial charge >= 0.3 is 0 Å². The van der Waals surface area contributed by atoms with E-state index in [1.807, 2.05) is 6.07 Å². The number of nitrogens with zero attached hydrogens (tertiary/aromatic N) is 2. The van der Waals surface area contributed by atoms with Crippen LogP contribution in [0.2, 0.25) is 0 Å². The monoisotopic (exact) mass is 272 g/mol. The zero-order valence-corrected chi connectivity index (χ0v) is 11.6. The Kier molecular flexibility index (Phi) is 3.58. The van der Waals surface area contributed by atoms with Crippen LogP contribution in [0.1, 0.15) is 32.1 Å². The van der Waals surface area contributed by atoms with E-state index in [-0.39, 0.29) is 5.56 Å². The molecule has 0 spiro atoms. The predicted octanol–water partition coefficient (Wildman–Crippen LogP) is 2.28. The van der Waals surface area contributed by atoms with Crippen LogP contribution in [0, 0.1) is 0 Å². The van der Waals surface area contributed by atoms with E-state index in [4.69, 9.17) is 5.73 Å². The van der Waals surface area contributed by atoms with Crippen LogP contribution in [0.15, 0.2) is 23.0 Å². The first-order chi connectivity index (χ1) is 9.74. The van der Waals surface area contributed by atoms with Gasteiger partial charge in [-0.05, 0) is 31.0 Å². The van der Waals surface area contributed by atoms with Crippen molar-refractivity contribution in [2.45, 2.75) is 32.1 Å². The SMILES string of the molecule is Nc1ccc2nc(N3CCCCCCC3)[nH]c(=O)c2c1. The minimum Gasteiger partial charge on any atom is -0.399 e. The topological polar surface area (TPSA) is 75.0 Å². The Morgan fingerprint density at radius 1 is 1.10 bits per heavy atom. The van der Waals surface area contributed by atoms with E-state index >= 15 is 0 Å². The lowest BCUT2D eigenvalue weighted by molar-refractivity contribution is 0.550. The van der Waals surface area contributed by atoms with Gasteiger partial charge in [-0.25, -0.2) is 4.98 Å². The van der Waals surface area contributed by atoms with Crippen molar-refractivity contribution >= 4 is 22.5 Å². The second-order valence-corrected chi connectivity index (χ2v) is 5.42. The molecule has 5 nitrogen and oxygen atoms in total. The normalized spacial score (nSPS) is 16.9. The summed E-state index contributed by atoms with van der Waals surface area (Å²) in [4.78, 5) is 21.8. The summed E-state index contributed by atoms with van der Waals surface area (Å²) in [7, 11) is 0. The molecule has 3 rings (SSSR count). The van der Waals surface area contributed by atoms with Crippen molar-refractivity contribution in [3.63, 3.8) is 0 Å². The van der Waals surface area contributed by atoms with Crippen molar-refractivity contribution in [3.05, 3.63) is 28.6 Å². The average Bonchev–Trinajstić information content (AvgIpc) is 2.39. The number of hydrogen-bond donors (Lipinski definition) is 2. The van der Waals surface area contributed by atoms with Crippen LogP contribution < -0.4 is 16.2 Å².